The van der Waals surface area contributed by atoms with E-state index in [4.69, 9.17) is 4.74 Å². The van der Waals surface area contributed by atoms with E-state index in [-0.39, 0.29) is 22.8 Å². The van der Waals surface area contributed by atoms with Crippen molar-refractivity contribution in [1.29, 1.82) is 0 Å². The number of hydrogen-bond acceptors (Lipinski definition) is 6. The van der Waals surface area contributed by atoms with Crippen molar-refractivity contribution in [3.8, 4) is 0 Å². The summed E-state index contributed by atoms with van der Waals surface area (Å²) in [6.45, 7) is 4.22. The van der Waals surface area contributed by atoms with Gasteiger partial charge in [-0.15, -0.1) is 0 Å². The van der Waals surface area contributed by atoms with Crippen LogP contribution in [0.2, 0.25) is 0 Å². The number of ether oxygens (including phenoxy) is 1. The van der Waals surface area contributed by atoms with Crippen LogP contribution in [-0.4, -0.2) is 79.9 Å². The molecule has 2 aliphatic heterocycles. The van der Waals surface area contributed by atoms with E-state index in [0.29, 0.717) is 75.3 Å². The van der Waals surface area contributed by atoms with Crippen molar-refractivity contribution >= 4 is 21.8 Å². The molecular formula is C24H30N4O5S. The molecule has 2 aromatic rings. The number of morpholine rings is 1. The molecule has 0 saturated carbocycles. The number of benzene rings is 1. The van der Waals surface area contributed by atoms with Gasteiger partial charge in [-0.3, -0.25) is 14.6 Å². The summed E-state index contributed by atoms with van der Waals surface area (Å²) in [5.41, 5.74) is 1.56. The highest BCUT2D eigenvalue weighted by Gasteiger charge is 2.30. The number of aryl methyl sites for hydroxylation is 1. The van der Waals surface area contributed by atoms with Crippen LogP contribution in [-0.2, 0) is 21.2 Å². The second-order valence-electron chi connectivity index (χ2n) is 8.47. The van der Waals surface area contributed by atoms with Crippen LogP contribution in [0.4, 0.5) is 0 Å². The minimum atomic E-state index is -3.71. The normalized spacial score (nSPS) is 18.0. The zero-order valence-electron chi connectivity index (χ0n) is 19.3. The largest absolute Gasteiger partial charge is 0.379 e. The maximum Gasteiger partial charge on any atom is 0.253 e. The molecule has 1 aromatic carbocycles. The fourth-order valence-electron chi connectivity index (χ4n) is 4.32. The van der Waals surface area contributed by atoms with E-state index >= 15 is 0 Å². The summed E-state index contributed by atoms with van der Waals surface area (Å²) in [6.07, 6.45) is 4.95. The number of piperidine rings is 1. The summed E-state index contributed by atoms with van der Waals surface area (Å²) in [5, 5.41) is 3.00. The highest BCUT2D eigenvalue weighted by molar-refractivity contribution is 7.89. The number of amides is 2. The average Bonchev–Trinajstić information content (AvgIpc) is 2.89. The van der Waals surface area contributed by atoms with Gasteiger partial charge in [0.15, 0.2) is 0 Å². The Labute approximate surface area is 200 Å². The third-order valence-corrected chi connectivity index (χ3v) is 8.30. The predicted molar refractivity (Wildman–Crippen MR) is 126 cm³/mol. The number of pyridine rings is 1. The zero-order valence-corrected chi connectivity index (χ0v) is 20.1. The lowest BCUT2D eigenvalue weighted by Gasteiger charge is -2.32. The average molecular weight is 487 g/mol. The van der Waals surface area contributed by atoms with E-state index in [0.717, 1.165) is 0 Å². The summed E-state index contributed by atoms with van der Waals surface area (Å²) in [5.74, 6) is -0.371. The smallest absolute Gasteiger partial charge is 0.253 e. The van der Waals surface area contributed by atoms with Crippen molar-refractivity contribution < 1.29 is 22.7 Å². The van der Waals surface area contributed by atoms with E-state index < -0.39 is 10.0 Å². The molecule has 0 unspecified atom stereocenters. The van der Waals surface area contributed by atoms with E-state index in [1.165, 1.54) is 16.6 Å². The van der Waals surface area contributed by atoms with Crippen LogP contribution in [0.3, 0.4) is 0 Å². The van der Waals surface area contributed by atoms with E-state index in [2.05, 4.69) is 10.3 Å². The Morgan fingerprint density at radius 1 is 1.09 bits per heavy atom. The number of carbonyl (C=O) groups is 2. The molecule has 182 valence electrons. The van der Waals surface area contributed by atoms with Gasteiger partial charge in [-0.25, -0.2) is 8.42 Å². The second-order valence-corrected chi connectivity index (χ2v) is 10.4. The Morgan fingerprint density at radius 3 is 2.47 bits per heavy atom. The van der Waals surface area contributed by atoms with Gasteiger partial charge in [0.25, 0.3) is 11.8 Å². The van der Waals surface area contributed by atoms with Gasteiger partial charge in [-0.1, -0.05) is 13.0 Å². The first-order valence-electron chi connectivity index (χ1n) is 11.6. The van der Waals surface area contributed by atoms with Crippen LogP contribution in [0.15, 0.2) is 47.6 Å². The maximum atomic E-state index is 13.3. The molecule has 2 fully saturated rings. The Hall–Kier alpha value is -2.82. The molecule has 0 atom stereocenters. The summed E-state index contributed by atoms with van der Waals surface area (Å²) >= 11 is 0. The third kappa shape index (κ3) is 5.29. The lowest BCUT2D eigenvalue weighted by Crippen LogP contribution is -2.46. The van der Waals surface area contributed by atoms with Crippen LogP contribution >= 0.6 is 0 Å². The third-order valence-electron chi connectivity index (χ3n) is 6.32. The first-order chi connectivity index (χ1) is 16.4. The van der Waals surface area contributed by atoms with E-state index in [1.54, 1.807) is 35.4 Å². The number of nitrogens with one attached hydrogen (secondary N) is 1. The molecule has 0 radical (unpaired) electrons. The molecule has 4 rings (SSSR count). The van der Waals surface area contributed by atoms with Gasteiger partial charge in [0.1, 0.15) is 0 Å². The second kappa shape index (κ2) is 10.6. The van der Waals surface area contributed by atoms with Gasteiger partial charge >= 0.3 is 0 Å². The molecule has 2 saturated heterocycles. The molecule has 2 aliphatic rings. The number of hydrogen-bond donors (Lipinski definition) is 1. The molecule has 1 aromatic heterocycles. The Balaban J connectivity index is 1.43. The molecule has 0 aliphatic carbocycles. The number of nitrogens with zero attached hydrogens (tertiary/aromatic N) is 3. The molecule has 2 amide bonds. The molecule has 10 heteroatoms. The zero-order chi connectivity index (χ0) is 24.1. The molecule has 1 N–H and O–H groups in total. The fourth-order valence-corrected chi connectivity index (χ4v) is 6.05. The first-order valence-corrected chi connectivity index (χ1v) is 13.0. The van der Waals surface area contributed by atoms with Gasteiger partial charge < -0.3 is 15.0 Å². The maximum absolute atomic E-state index is 13.3. The Morgan fingerprint density at radius 2 is 1.82 bits per heavy atom. The quantitative estimate of drug-likeness (QED) is 0.666. The van der Waals surface area contributed by atoms with Gasteiger partial charge in [-0.05, 0) is 49.1 Å². The van der Waals surface area contributed by atoms with Gasteiger partial charge in [0.05, 0.1) is 23.7 Å². The number of aromatic nitrogens is 1. The highest BCUT2D eigenvalue weighted by Crippen LogP contribution is 2.25. The van der Waals surface area contributed by atoms with E-state index in [9.17, 15) is 18.0 Å². The number of rotatable bonds is 6. The van der Waals surface area contributed by atoms with Gasteiger partial charge in [0, 0.05) is 50.2 Å². The van der Waals surface area contributed by atoms with Gasteiger partial charge in [-0.2, -0.15) is 4.31 Å². The predicted octanol–water partition coefficient (Wildman–Crippen LogP) is 1.70. The van der Waals surface area contributed by atoms with Crippen LogP contribution in [0.1, 0.15) is 46.0 Å². The topological polar surface area (TPSA) is 109 Å². The van der Waals surface area contributed by atoms with E-state index in [1.807, 2.05) is 6.92 Å². The summed E-state index contributed by atoms with van der Waals surface area (Å²) in [7, 11) is -3.71. The van der Waals surface area contributed by atoms with Crippen molar-refractivity contribution in [1.82, 2.24) is 19.5 Å². The first kappa shape index (κ1) is 24.3. The van der Waals surface area contributed by atoms with Crippen molar-refractivity contribution in [2.24, 2.45) is 0 Å². The summed E-state index contributed by atoms with van der Waals surface area (Å²) < 4.78 is 33.3. The van der Waals surface area contributed by atoms with Gasteiger partial charge in [0.2, 0.25) is 10.0 Å². The Bertz CT molecular complexity index is 1130. The fraction of sp³-hybridized carbons (Fsp3) is 0.458. The van der Waals surface area contributed by atoms with Crippen molar-refractivity contribution in [3.63, 3.8) is 0 Å². The van der Waals surface area contributed by atoms with Crippen LogP contribution in [0.5, 0.6) is 0 Å². The van der Waals surface area contributed by atoms with Crippen LogP contribution < -0.4 is 5.32 Å². The monoisotopic (exact) mass is 486 g/mol. The molecule has 34 heavy (non-hydrogen) atoms. The molecule has 9 nitrogen and oxygen atoms in total. The lowest BCUT2D eigenvalue weighted by molar-refractivity contribution is 0.0697. The molecule has 0 spiro atoms. The minimum absolute atomic E-state index is 0.0310. The Kier molecular flexibility index (Phi) is 7.60. The minimum Gasteiger partial charge on any atom is -0.379 e. The van der Waals surface area contributed by atoms with Crippen molar-refractivity contribution in [2.75, 3.05) is 39.4 Å². The molecular weight excluding hydrogens is 456 g/mol. The molecule has 3 heterocycles. The number of likely N-dealkylation sites (tertiary alicyclic amines) is 1. The standard InChI is InChI=1S/C24H30N4O5S/c1-2-18-5-6-19(16-22(18)34(31,32)28-12-14-33-15-13-28)24(30)27-10-7-21(8-11-27)26-23(29)20-4-3-9-25-17-20/h3-6,9,16-17,21H,2,7-8,10-15H2,1H3,(H,26,29). The SMILES string of the molecule is CCc1ccc(C(=O)N2CCC(NC(=O)c3cccnc3)CC2)cc1S(=O)(=O)N1CCOCC1. The van der Waals surface area contributed by atoms with Crippen LogP contribution in [0, 0.1) is 0 Å². The molecule has 0 bridgehead atoms. The lowest BCUT2D eigenvalue weighted by atomic mass is 10.0. The highest BCUT2D eigenvalue weighted by atomic mass is 32.2. The summed E-state index contributed by atoms with van der Waals surface area (Å²) in [6, 6.07) is 8.35. The van der Waals surface area contributed by atoms with Crippen molar-refractivity contribution in [2.45, 2.75) is 37.1 Å². The number of carbonyl (C=O) groups excluding carboxylic acids is 2. The summed E-state index contributed by atoms with van der Waals surface area (Å²) in [4.78, 5) is 31.5. The van der Waals surface area contributed by atoms with Crippen LogP contribution in [0.25, 0.3) is 0 Å². The number of sulfonamides is 1. The van der Waals surface area contributed by atoms with Crippen molar-refractivity contribution in [3.05, 3.63) is 59.4 Å².